The molecular formula is C25H26F2N8O2S. The van der Waals surface area contributed by atoms with E-state index in [9.17, 15) is 17.2 Å². The third kappa shape index (κ3) is 5.20. The maximum atomic E-state index is 14.9. The Morgan fingerprint density at radius 3 is 2.50 bits per heavy atom. The molecule has 0 spiro atoms. The van der Waals surface area contributed by atoms with Crippen LogP contribution >= 0.6 is 0 Å². The molecule has 10 nitrogen and oxygen atoms in total. The number of hydrogen-bond acceptors (Lipinski definition) is 8. The number of sulfonamides is 1. The summed E-state index contributed by atoms with van der Waals surface area (Å²) in [5.74, 6) is -0.175. The lowest BCUT2D eigenvalue weighted by molar-refractivity contribution is 0.370. The third-order valence-electron chi connectivity index (χ3n) is 6.23. The van der Waals surface area contributed by atoms with E-state index in [1.54, 1.807) is 31.2 Å². The van der Waals surface area contributed by atoms with Crippen molar-refractivity contribution in [3.05, 3.63) is 83.1 Å². The maximum absolute atomic E-state index is 14.9. The summed E-state index contributed by atoms with van der Waals surface area (Å²) in [6, 6.07) is 10.5. The van der Waals surface area contributed by atoms with E-state index in [1.165, 1.54) is 33.5 Å². The van der Waals surface area contributed by atoms with Gasteiger partial charge in [-0.2, -0.15) is 14.4 Å². The van der Waals surface area contributed by atoms with Crippen molar-refractivity contribution in [2.45, 2.75) is 26.3 Å². The average Bonchev–Trinajstić information content (AvgIpc) is 3.29. The zero-order valence-electron chi connectivity index (χ0n) is 21.0. The lowest BCUT2D eigenvalue weighted by atomic mass is 9.89. The fraction of sp³-hybridized carbons (Fsp3) is 0.280. The van der Waals surface area contributed by atoms with Crippen LogP contribution in [0.15, 0.2) is 48.8 Å². The summed E-state index contributed by atoms with van der Waals surface area (Å²) >= 11 is 0. The van der Waals surface area contributed by atoms with E-state index in [0.29, 0.717) is 40.7 Å². The van der Waals surface area contributed by atoms with Gasteiger partial charge >= 0.3 is 0 Å². The highest BCUT2D eigenvalue weighted by Gasteiger charge is 2.35. The third-order valence-corrected chi connectivity index (χ3v) is 7.45. The number of anilines is 3. The van der Waals surface area contributed by atoms with E-state index in [4.69, 9.17) is 4.98 Å². The molecule has 0 fully saturated rings. The molecule has 13 heteroatoms. The SMILES string of the molecule is CCNc1nc(Nc2ccc(-n3cnc(C)n3)c(F)c2)nc2c1CN(S(C)(=O)=O)CC2c1ccc(F)cc1. The summed E-state index contributed by atoms with van der Waals surface area (Å²) in [7, 11) is -3.53. The minimum atomic E-state index is -3.53. The molecule has 0 amide bonds. The molecule has 0 radical (unpaired) electrons. The molecule has 0 saturated carbocycles. The Hall–Kier alpha value is -3.97. The molecule has 2 aromatic heterocycles. The molecule has 0 aliphatic carbocycles. The number of aryl methyl sites for hydroxylation is 1. The molecular weight excluding hydrogens is 514 g/mol. The topological polar surface area (TPSA) is 118 Å². The van der Waals surface area contributed by atoms with Crippen molar-refractivity contribution in [1.29, 1.82) is 0 Å². The first-order valence-electron chi connectivity index (χ1n) is 11.9. The van der Waals surface area contributed by atoms with Crippen LogP contribution in [0.2, 0.25) is 0 Å². The van der Waals surface area contributed by atoms with E-state index >= 15 is 0 Å². The molecule has 2 N–H and O–H groups in total. The fourth-order valence-corrected chi connectivity index (χ4v) is 5.20. The van der Waals surface area contributed by atoms with Gasteiger partial charge in [0.05, 0.1) is 11.9 Å². The molecule has 1 aliphatic heterocycles. The number of benzene rings is 2. The molecule has 2 aromatic carbocycles. The number of nitrogens with one attached hydrogen (secondary N) is 2. The van der Waals surface area contributed by atoms with Gasteiger partial charge in [-0.05, 0) is 49.7 Å². The Morgan fingerprint density at radius 1 is 1.11 bits per heavy atom. The van der Waals surface area contributed by atoms with Crippen LogP contribution in [0.1, 0.15) is 35.5 Å². The summed E-state index contributed by atoms with van der Waals surface area (Å²) in [5.41, 5.74) is 2.61. The predicted octanol–water partition coefficient (Wildman–Crippen LogP) is 3.73. The second-order valence-corrected chi connectivity index (χ2v) is 11.0. The highest BCUT2D eigenvalue weighted by molar-refractivity contribution is 7.88. The van der Waals surface area contributed by atoms with Crippen LogP contribution in [0.5, 0.6) is 0 Å². The monoisotopic (exact) mass is 540 g/mol. The number of rotatable bonds is 7. The maximum Gasteiger partial charge on any atom is 0.229 e. The molecule has 38 heavy (non-hydrogen) atoms. The molecule has 198 valence electrons. The first kappa shape index (κ1) is 25.7. The standard InChI is InChI=1S/C25H26F2N8O2S/c1-4-28-24-20-13-34(38(3,36)37)12-19(16-5-7-17(26)8-6-16)23(20)31-25(32-24)30-18-9-10-22(21(27)11-18)35-14-29-15(2)33-35/h5-11,14,19H,4,12-13H2,1-3H3,(H2,28,30,31,32). The molecule has 1 aliphatic rings. The van der Waals surface area contributed by atoms with E-state index in [1.807, 2.05) is 6.92 Å². The van der Waals surface area contributed by atoms with Gasteiger partial charge in [0.2, 0.25) is 16.0 Å². The Labute approximate surface area is 218 Å². The van der Waals surface area contributed by atoms with Gasteiger partial charge in [0.1, 0.15) is 29.5 Å². The van der Waals surface area contributed by atoms with Crippen LogP contribution in [0.4, 0.5) is 26.2 Å². The van der Waals surface area contributed by atoms with Gasteiger partial charge in [-0.25, -0.2) is 31.8 Å². The normalized spacial score (nSPS) is 15.8. The fourth-order valence-electron chi connectivity index (χ4n) is 4.42. The van der Waals surface area contributed by atoms with Gasteiger partial charge in [0.25, 0.3) is 0 Å². The first-order chi connectivity index (χ1) is 18.1. The predicted molar refractivity (Wildman–Crippen MR) is 139 cm³/mol. The molecule has 4 aromatic rings. The van der Waals surface area contributed by atoms with Gasteiger partial charge in [0, 0.05) is 36.8 Å². The summed E-state index contributed by atoms with van der Waals surface area (Å²) in [6.07, 6.45) is 2.59. The van der Waals surface area contributed by atoms with E-state index in [-0.39, 0.29) is 24.7 Å². The smallest absolute Gasteiger partial charge is 0.229 e. The summed E-state index contributed by atoms with van der Waals surface area (Å²) in [5, 5.41) is 10.4. The van der Waals surface area contributed by atoms with E-state index in [2.05, 4.69) is 25.7 Å². The minimum Gasteiger partial charge on any atom is -0.370 e. The second kappa shape index (κ2) is 10.1. The zero-order chi connectivity index (χ0) is 27.0. The van der Waals surface area contributed by atoms with Crippen molar-refractivity contribution >= 4 is 27.5 Å². The van der Waals surface area contributed by atoms with Crippen LogP contribution < -0.4 is 10.6 Å². The highest BCUT2D eigenvalue weighted by Crippen LogP contribution is 2.37. The lowest BCUT2D eigenvalue weighted by Crippen LogP contribution is -2.39. The highest BCUT2D eigenvalue weighted by atomic mass is 32.2. The average molecular weight is 541 g/mol. The van der Waals surface area contributed by atoms with Gasteiger partial charge in [-0.15, -0.1) is 0 Å². The van der Waals surface area contributed by atoms with E-state index in [0.717, 1.165) is 6.26 Å². The van der Waals surface area contributed by atoms with Gasteiger partial charge in [-0.3, -0.25) is 0 Å². The summed E-state index contributed by atoms with van der Waals surface area (Å²) < 4.78 is 56.3. The van der Waals surface area contributed by atoms with Gasteiger partial charge in [0.15, 0.2) is 5.82 Å². The Kier molecular flexibility index (Phi) is 6.80. The molecule has 1 atom stereocenters. The Morgan fingerprint density at radius 2 is 1.87 bits per heavy atom. The zero-order valence-corrected chi connectivity index (χ0v) is 21.8. The molecule has 5 rings (SSSR count). The molecule has 0 bridgehead atoms. The second-order valence-electron chi connectivity index (χ2n) is 8.98. The van der Waals surface area contributed by atoms with Gasteiger partial charge < -0.3 is 10.6 Å². The van der Waals surface area contributed by atoms with Crippen molar-refractivity contribution in [2.75, 3.05) is 30.0 Å². The largest absolute Gasteiger partial charge is 0.370 e. The number of nitrogens with zero attached hydrogens (tertiary/aromatic N) is 6. The number of fused-ring (bicyclic) bond motifs is 1. The molecule has 0 saturated heterocycles. The van der Waals surface area contributed by atoms with Gasteiger partial charge in [-0.1, -0.05) is 12.1 Å². The lowest BCUT2D eigenvalue weighted by Gasteiger charge is -2.33. The van der Waals surface area contributed by atoms with Crippen molar-refractivity contribution in [2.24, 2.45) is 0 Å². The van der Waals surface area contributed by atoms with Crippen LogP contribution in [0, 0.1) is 18.6 Å². The van der Waals surface area contributed by atoms with Crippen molar-refractivity contribution in [3.63, 3.8) is 0 Å². The molecule has 1 unspecified atom stereocenters. The quantitative estimate of drug-likeness (QED) is 0.364. The van der Waals surface area contributed by atoms with Crippen molar-refractivity contribution in [1.82, 2.24) is 29.0 Å². The van der Waals surface area contributed by atoms with E-state index < -0.39 is 27.6 Å². The minimum absolute atomic E-state index is 0.0924. The summed E-state index contributed by atoms with van der Waals surface area (Å²) in [6.45, 7) is 4.38. The Balaban J connectivity index is 1.56. The number of aromatic nitrogens is 5. The van der Waals surface area contributed by atoms with Crippen molar-refractivity contribution in [3.8, 4) is 5.69 Å². The first-order valence-corrected chi connectivity index (χ1v) is 13.8. The molecule has 3 heterocycles. The van der Waals surface area contributed by atoms with Crippen molar-refractivity contribution < 1.29 is 17.2 Å². The summed E-state index contributed by atoms with van der Waals surface area (Å²) in [4.78, 5) is 13.3. The van der Waals surface area contributed by atoms with Crippen LogP contribution in [0.3, 0.4) is 0 Å². The van der Waals surface area contributed by atoms with Crippen LogP contribution in [-0.2, 0) is 16.6 Å². The number of halogens is 2. The Bertz CT molecular complexity index is 1590. The number of hydrogen-bond donors (Lipinski definition) is 2. The van der Waals surface area contributed by atoms with Crippen LogP contribution in [0.25, 0.3) is 5.69 Å². The van der Waals surface area contributed by atoms with Crippen LogP contribution in [-0.4, -0.2) is 56.8 Å².